The average Bonchev–Trinajstić information content (AvgIpc) is 3.23. The van der Waals surface area contributed by atoms with Crippen molar-refractivity contribution in [3.8, 4) is 11.5 Å². The lowest BCUT2D eigenvalue weighted by molar-refractivity contribution is 0.181. The van der Waals surface area contributed by atoms with E-state index in [9.17, 15) is 9.18 Å². The molecule has 0 saturated carbocycles. The summed E-state index contributed by atoms with van der Waals surface area (Å²) >= 11 is 0. The van der Waals surface area contributed by atoms with Gasteiger partial charge in [0, 0.05) is 30.7 Å². The van der Waals surface area contributed by atoms with Gasteiger partial charge in [-0.15, -0.1) is 0 Å². The van der Waals surface area contributed by atoms with Gasteiger partial charge in [-0.1, -0.05) is 6.07 Å². The lowest BCUT2D eigenvalue weighted by atomic mass is 9.99. The van der Waals surface area contributed by atoms with Crippen LogP contribution in [-0.2, 0) is 6.54 Å². The second kappa shape index (κ2) is 7.87. The van der Waals surface area contributed by atoms with Crippen LogP contribution in [0.25, 0.3) is 0 Å². The molecule has 0 spiro atoms. The van der Waals surface area contributed by atoms with E-state index in [1.54, 1.807) is 31.3 Å². The first-order chi connectivity index (χ1) is 14.1. The molecule has 2 aromatic carbocycles. The zero-order chi connectivity index (χ0) is 20.4. The monoisotopic (exact) mass is 395 g/mol. The van der Waals surface area contributed by atoms with Crippen LogP contribution in [0.2, 0.25) is 0 Å². The number of nitrogens with one attached hydrogen (secondary N) is 1. The molecule has 2 amide bonds. The van der Waals surface area contributed by atoms with Crippen LogP contribution in [0.4, 0.5) is 14.9 Å². The van der Waals surface area contributed by atoms with E-state index >= 15 is 0 Å². The first-order valence-corrected chi connectivity index (χ1v) is 9.31. The third kappa shape index (κ3) is 3.63. The molecule has 1 atom stereocenters. The second-order valence-corrected chi connectivity index (χ2v) is 6.77. The van der Waals surface area contributed by atoms with E-state index < -0.39 is 0 Å². The van der Waals surface area contributed by atoms with E-state index in [0.717, 1.165) is 11.3 Å². The molecule has 1 aromatic heterocycles. The summed E-state index contributed by atoms with van der Waals surface area (Å²) in [6, 6.07) is 14.9. The predicted molar refractivity (Wildman–Crippen MR) is 108 cm³/mol. The SMILES string of the molecule is COc1ccc([C@@H]2c3cccn3CCN2C(=O)Nc2ccc(F)cc2)cc1OC. The number of benzene rings is 2. The van der Waals surface area contributed by atoms with Crippen LogP contribution >= 0.6 is 0 Å². The molecule has 29 heavy (non-hydrogen) atoms. The molecule has 0 bridgehead atoms. The van der Waals surface area contributed by atoms with Crippen LogP contribution in [0, 0.1) is 5.82 Å². The summed E-state index contributed by atoms with van der Waals surface area (Å²) < 4.78 is 26.1. The summed E-state index contributed by atoms with van der Waals surface area (Å²) in [6.07, 6.45) is 2.01. The molecule has 1 aliphatic heterocycles. The van der Waals surface area contributed by atoms with E-state index in [4.69, 9.17) is 9.47 Å². The Labute approximate surface area is 168 Å². The molecule has 2 heterocycles. The van der Waals surface area contributed by atoms with E-state index in [-0.39, 0.29) is 17.9 Å². The molecule has 6 nitrogen and oxygen atoms in total. The summed E-state index contributed by atoms with van der Waals surface area (Å²) in [5, 5.41) is 2.87. The number of aromatic nitrogens is 1. The van der Waals surface area contributed by atoms with Crippen molar-refractivity contribution in [1.82, 2.24) is 9.47 Å². The molecule has 3 aromatic rings. The number of hydrogen-bond donors (Lipinski definition) is 1. The number of carbonyl (C=O) groups is 1. The van der Waals surface area contributed by atoms with Gasteiger partial charge in [0.25, 0.3) is 0 Å². The van der Waals surface area contributed by atoms with Gasteiger partial charge >= 0.3 is 6.03 Å². The molecule has 1 N–H and O–H groups in total. The quantitative estimate of drug-likeness (QED) is 0.717. The molecule has 0 aliphatic carbocycles. The highest BCUT2D eigenvalue weighted by Crippen LogP contribution is 2.37. The Balaban J connectivity index is 1.69. The van der Waals surface area contributed by atoms with Crippen LogP contribution in [0.5, 0.6) is 11.5 Å². The predicted octanol–water partition coefficient (Wildman–Crippen LogP) is 4.28. The molecular weight excluding hydrogens is 373 g/mol. The highest BCUT2D eigenvalue weighted by molar-refractivity contribution is 5.90. The summed E-state index contributed by atoms with van der Waals surface area (Å²) in [6.45, 7) is 1.23. The van der Waals surface area contributed by atoms with Gasteiger partial charge in [0.15, 0.2) is 11.5 Å². The van der Waals surface area contributed by atoms with Gasteiger partial charge in [0.1, 0.15) is 5.82 Å². The number of rotatable bonds is 4. The first kappa shape index (κ1) is 18.9. The average molecular weight is 395 g/mol. The van der Waals surface area contributed by atoms with E-state index in [0.29, 0.717) is 30.3 Å². The normalized spacial score (nSPS) is 15.6. The summed E-state index contributed by atoms with van der Waals surface area (Å²) in [4.78, 5) is 14.9. The minimum atomic E-state index is -0.345. The fourth-order valence-corrected chi connectivity index (χ4v) is 3.70. The van der Waals surface area contributed by atoms with Crippen LogP contribution < -0.4 is 14.8 Å². The molecule has 0 radical (unpaired) electrons. The van der Waals surface area contributed by atoms with Crippen molar-refractivity contribution in [2.24, 2.45) is 0 Å². The zero-order valence-electron chi connectivity index (χ0n) is 16.3. The minimum Gasteiger partial charge on any atom is -0.493 e. The van der Waals surface area contributed by atoms with Gasteiger partial charge in [0.05, 0.1) is 20.3 Å². The second-order valence-electron chi connectivity index (χ2n) is 6.77. The largest absolute Gasteiger partial charge is 0.493 e. The number of methoxy groups -OCH3 is 2. The van der Waals surface area contributed by atoms with Gasteiger partial charge in [0.2, 0.25) is 0 Å². The maximum absolute atomic E-state index is 13.2. The van der Waals surface area contributed by atoms with E-state index in [1.165, 1.54) is 12.1 Å². The number of carbonyl (C=O) groups excluding carboxylic acids is 1. The van der Waals surface area contributed by atoms with Crippen LogP contribution in [0.15, 0.2) is 60.8 Å². The van der Waals surface area contributed by atoms with Crippen molar-refractivity contribution in [2.45, 2.75) is 12.6 Å². The van der Waals surface area contributed by atoms with Gasteiger partial charge in [-0.05, 0) is 54.1 Å². The summed E-state index contributed by atoms with van der Waals surface area (Å²) in [5.74, 6) is 0.888. The zero-order valence-corrected chi connectivity index (χ0v) is 16.3. The van der Waals surface area contributed by atoms with Crippen LogP contribution in [0.1, 0.15) is 17.3 Å². The maximum atomic E-state index is 13.2. The molecule has 150 valence electrons. The summed E-state index contributed by atoms with van der Waals surface area (Å²) in [7, 11) is 3.18. The Morgan fingerprint density at radius 1 is 1.03 bits per heavy atom. The first-order valence-electron chi connectivity index (χ1n) is 9.31. The molecule has 7 heteroatoms. The lowest BCUT2D eigenvalue weighted by Gasteiger charge is -2.37. The number of hydrogen-bond acceptors (Lipinski definition) is 3. The van der Waals surface area contributed by atoms with Crippen LogP contribution in [-0.4, -0.2) is 36.3 Å². The van der Waals surface area contributed by atoms with Crippen molar-refractivity contribution in [3.63, 3.8) is 0 Å². The Morgan fingerprint density at radius 3 is 2.52 bits per heavy atom. The van der Waals surface area contributed by atoms with Gasteiger partial charge < -0.3 is 24.3 Å². The Kier molecular flexibility index (Phi) is 5.12. The number of halogens is 1. The molecule has 0 unspecified atom stereocenters. The topological polar surface area (TPSA) is 55.7 Å². The molecule has 4 rings (SSSR count). The van der Waals surface area contributed by atoms with Crippen molar-refractivity contribution < 1.29 is 18.7 Å². The number of anilines is 1. The number of amides is 2. The molecule has 0 fully saturated rings. The maximum Gasteiger partial charge on any atom is 0.322 e. The third-order valence-electron chi connectivity index (χ3n) is 5.12. The number of ether oxygens (including phenoxy) is 2. The summed E-state index contributed by atoms with van der Waals surface area (Å²) in [5.41, 5.74) is 2.47. The standard InChI is InChI=1S/C22H22FN3O3/c1-28-19-10-5-15(14-20(19)29-2)21-18-4-3-11-25(18)12-13-26(21)22(27)24-17-8-6-16(23)7-9-17/h3-11,14,21H,12-13H2,1-2H3,(H,24,27)/t21-/m1/s1. The van der Waals surface area contributed by atoms with E-state index in [1.807, 2.05) is 36.5 Å². The highest BCUT2D eigenvalue weighted by atomic mass is 19.1. The Morgan fingerprint density at radius 2 is 1.79 bits per heavy atom. The van der Waals surface area contributed by atoms with Crippen molar-refractivity contribution in [3.05, 3.63) is 77.9 Å². The van der Waals surface area contributed by atoms with E-state index in [2.05, 4.69) is 9.88 Å². The lowest BCUT2D eigenvalue weighted by Crippen LogP contribution is -2.44. The number of urea groups is 1. The van der Waals surface area contributed by atoms with Crippen molar-refractivity contribution in [2.75, 3.05) is 26.1 Å². The molecule has 0 saturated heterocycles. The highest BCUT2D eigenvalue weighted by Gasteiger charge is 2.32. The number of nitrogens with zero attached hydrogens (tertiary/aromatic N) is 2. The van der Waals surface area contributed by atoms with Gasteiger partial charge in [-0.2, -0.15) is 0 Å². The van der Waals surface area contributed by atoms with Crippen molar-refractivity contribution >= 4 is 11.7 Å². The molecular formula is C22H22FN3O3. The van der Waals surface area contributed by atoms with Crippen LogP contribution in [0.3, 0.4) is 0 Å². The van der Waals surface area contributed by atoms with Gasteiger partial charge in [-0.3, -0.25) is 0 Å². The van der Waals surface area contributed by atoms with Crippen molar-refractivity contribution in [1.29, 1.82) is 0 Å². The number of fused-ring (bicyclic) bond motifs is 1. The molecule has 1 aliphatic rings. The fraction of sp³-hybridized carbons (Fsp3) is 0.227. The smallest absolute Gasteiger partial charge is 0.322 e. The minimum absolute atomic E-state index is 0.246. The third-order valence-corrected chi connectivity index (χ3v) is 5.12. The fourth-order valence-electron chi connectivity index (χ4n) is 3.70. The van der Waals surface area contributed by atoms with Gasteiger partial charge in [-0.25, -0.2) is 9.18 Å². The Hall–Kier alpha value is -3.48. The Bertz CT molecular complexity index is 1020.